The maximum Gasteiger partial charge on any atom is 0.185 e. The molecule has 3 heteroatoms. The molecule has 1 rings (SSSR count). The van der Waals surface area contributed by atoms with E-state index in [-0.39, 0.29) is 11.9 Å². The molecule has 0 bridgehead atoms. The lowest BCUT2D eigenvalue weighted by Gasteiger charge is -2.28. The first kappa shape index (κ1) is 10.4. The highest BCUT2D eigenvalue weighted by atomic mass is 16.5. The summed E-state index contributed by atoms with van der Waals surface area (Å²) in [5, 5.41) is 0. The number of rotatable bonds is 2. The summed E-state index contributed by atoms with van der Waals surface area (Å²) in [4.78, 5) is 13.6. The lowest BCUT2D eigenvalue weighted by Crippen LogP contribution is -2.43. The molecule has 74 valence electrons. The number of hydrogen-bond acceptors (Lipinski definition) is 3. The first-order valence-electron chi connectivity index (χ1n) is 4.58. The Morgan fingerprint density at radius 2 is 2.23 bits per heavy atom. The minimum Gasteiger partial charge on any atom is -0.367 e. The number of nitrogens with zero attached hydrogens (tertiary/aromatic N) is 1. The third-order valence-electron chi connectivity index (χ3n) is 2.02. The molecule has 0 aliphatic carbocycles. The fourth-order valence-electron chi connectivity index (χ4n) is 1.33. The molecule has 1 atom stereocenters. The van der Waals surface area contributed by atoms with Gasteiger partial charge >= 0.3 is 0 Å². The molecule has 0 N–H and O–H groups in total. The van der Waals surface area contributed by atoms with Crippen LogP contribution in [0.4, 0.5) is 0 Å². The standard InChI is InChI=1S/C10H17NO2/c1-8(2)6-9(12)10-7-11(3)4-5-13-10/h6,10H,4-5,7H2,1-3H3. The molecule has 0 aromatic carbocycles. The molecular formula is C10H17NO2. The number of likely N-dealkylation sites (N-methyl/N-ethyl adjacent to an activating group) is 1. The van der Waals surface area contributed by atoms with Crippen LogP contribution in [0, 0.1) is 0 Å². The van der Waals surface area contributed by atoms with Gasteiger partial charge < -0.3 is 9.64 Å². The molecule has 1 heterocycles. The summed E-state index contributed by atoms with van der Waals surface area (Å²) < 4.78 is 5.38. The van der Waals surface area contributed by atoms with E-state index in [4.69, 9.17) is 4.74 Å². The SMILES string of the molecule is CC(C)=CC(=O)C1CN(C)CCO1. The summed E-state index contributed by atoms with van der Waals surface area (Å²) in [7, 11) is 2.01. The average molecular weight is 183 g/mol. The summed E-state index contributed by atoms with van der Waals surface area (Å²) in [6.07, 6.45) is 1.40. The molecule has 3 nitrogen and oxygen atoms in total. The zero-order chi connectivity index (χ0) is 9.84. The molecule has 0 amide bonds. The van der Waals surface area contributed by atoms with E-state index >= 15 is 0 Å². The maximum absolute atomic E-state index is 11.5. The van der Waals surface area contributed by atoms with E-state index in [1.807, 2.05) is 20.9 Å². The predicted octanol–water partition coefficient (Wildman–Crippen LogP) is 0.852. The molecular weight excluding hydrogens is 166 g/mol. The van der Waals surface area contributed by atoms with E-state index in [0.717, 1.165) is 12.1 Å². The minimum atomic E-state index is -0.256. The van der Waals surface area contributed by atoms with Crippen LogP contribution < -0.4 is 0 Å². The van der Waals surface area contributed by atoms with Gasteiger partial charge in [0.05, 0.1) is 6.61 Å². The number of morpholine rings is 1. The fraction of sp³-hybridized carbons (Fsp3) is 0.700. The molecule has 1 aliphatic heterocycles. The molecule has 1 unspecified atom stereocenters. The van der Waals surface area contributed by atoms with Gasteiger partial charge in [0.15, 0.2) is 5.78 Å². The monoisotopic (exact) mass is 183 g/mol. The molecule has 1 fully saturated rings. The highest BCUT2D eigenvalue weighted by Gasteiger charge is 2.22. The van der Waals surface area contributed by atoms with Crippen LogP contribution in [0.2, 0.25) is 0 Å². The van der Waals surface area contributed by atoms with Crippen molar-refractivity contribution in [3.63, 3.8) is 0 Å². The van der Waals surface area contributed by atoms with E-state index in [2.05, 4.69) is 4.90 Å². The van der Waals surface area contributed by atoms with Crippen LogP contribution in [0.25, 0.3) is 0 Å². The molecule has 0 radical (unpaired) electrons. The quantitative estimate of drug-likeness (QED) is 0.594. The third kappa shape index (κ3) is 3.28. The number of ether oxygens (including phenoxy) is 1. The average Bonchev–Trinajstić information content (AvgIpc) is 2.03. The number of carbonyl (C=O) groups is 1. The Bertz CT molecular complexity index is 219. The lowest BCUT2D eigenvalue weighted by atomic mass is 10.1. The Morgan fingerprint density at radius 3 is 2.77 bits per heavy atom. The first-order valence-corrected chi connectivity index (χ1v) is 4.58. The van der Waals surface area contributed by atoms with Gasteiger partial charge in [-0.3, -0.25) is 4.79 Å². The van der Waals surface area contributed by atoms with Gasteiger partial charge in [0.1, 0.15) is 6.10 Å². The summed E-state index contributed by atoms with van der Waals surface area (Å²) in [5.41, 5.74) is 1.03. The van der Waals surface area contributed by atoms with Crippen molar-refractivity contribution >= 4 is 5.78 Å². The summed E-state index contributed by atoms with van der Waals surface area (Å²) in [5.74, 6) is 0.0894. The highest BCUT2D eigenvalue weighted by Crippen LogP contribution is 2.05. The Kier molecular flexibility index (Phi) is 3.63. The normalized spacial score (nSPS) is 24.1. The van der Waals surface area contributed by atoms with Crippen molar-refractivity contribution in [3.05, 3.63) is 11.6 Å². The summed E-state index contributed by atoms with van der Waals surface area (Å²) in [6.45, 7) is 6.12. The molecule has 1 saturated heterocycles. The van der Waals surface area contributed by atoms with Crippen LogP contribution in [-0.4, -0.2) is 43.5 Å². The van der Waals surface area contributed by atoms with Crippen molar-refractivity contribution in [1.82, 2.24) is 4.90 Å². The van der Waals surface area contributed by atoms with Gasteiger partial charge in [0.25, 0.3) is 0 Å². The lowest BCUT2D eigenvalue weighted by molar-refractivity contribution is -0.130. The van der Waals surface area contributed by atoms with Crippen LogP contribution in [0.15, 0.2) is 11.6 Å². The largest absolute Gasteiger partial charge is 0.367 e. The fourth-order valence-corrected chi connectivity index (χ4v) is 1.33. The zero-order valence-electron chi connectivity index (χ0n) is 8.54. The van der Waals surface area contributed by atoms with Crippen LogP contribution >= 0.6 is 0 Å². The molecule has 1 aliphatic rings. The predicted molar refractivity (Wildman–Crippen MR) is 51.7 cm³/mol. The molecule has 13 heavy (non-hydrogen) atoms. The van der Waals surface area contributed by atoms with Gasteiger partial charge in [-0.05, 0) is 27.0 Å². The zero-order valence-corrected chi connectivity index (χ0v) is 8.54. The van der Waals surface area contributed by atoms with E-state index in [1.165, 1.54) is 0 Å². The second-order valence-electron chi connectivity index (χ2n) is 3.75. The van der Waals surface area contributed by atoms with Crippen molar-refractivity contribution in [3.8, 4) is 0 Å². The Labute approximate surface area is 79.4 Å². The van der Waals surface area contributed by atoms with Gasteiger partial charge in [-0.2, -0.15) is 0 Å². The Hall–Kier alpha value is -0.670. The molecule has 0 aromatic rings. The topological polar surface area (TPSA) is 29.5 Å². The Balaban J connectivity index is 2.51. The van der Waals surface area contributed by atoms with Crippen molar-refractivity contribution in [2.45, 2.75) is 20.0 Å². The second kappa shape index (κ2) is 4.53. The van der Waals surface area contributed by atoms with Crippen LogP contribution in [0.3, 0.4) is 0 Å². The van der Waals surface area contributed by atoms with Gasteiger partial charge in [-0.25, -0.2) is 0 Å². The summed E-state index contributed by atoms with van der Waals surface area (Å²) in [6, 6.07) is 0. The van der Waals surface area contributed by atoms with Crippen LogP contribution in [0.1, 0.15) is 13.8 Å². The van der Waals surface area contributed by atoms with Gasteiger partial charge in [0.2, 0.25) is 0 Å². The minimum absolute atomic E-state index is 0.0894. The third-order valence-corrected chi connectivity index (χ3v) is 2.02. The molecule has 0 aromatic heterocycles. The van der Waals surface area contributed by atoms with E-state index in [1.54, 1.807) is 6.08 Å². The highest BCUT2D eigenvalue weighted by molar-refractivity contribution is 5.94. The van der Waals surface area contributed by atoms with Gasteiger partial charge in [-0.15, -0.1) is 0 Å². The summed E-state index contributed by atoms with van der Waals surface area (Å²) >= 11 is 0. The number of hydrogen-bond donors (Lipinski definition) is 0. The number of ketones is 1. The smallest absolute Gasteiger partial charge is 0.185 e. The second-order valence-corrected chi connectivity index (χ2v) is 3.75. The van der Waals surface area contributed by atoms with Crippen molar-refractivity contribution in [2.75, 3.05) is 26.7 Å². The van der Waals surface area contributed by atoms with Gasteiger partial charge in [-0.1, -0.05) is 5.57 Å². The van der Waals surface area contributed by atoms with Crippen molar-refractivity contribution in [1.29, 1.82) is 0 Å². The van der Waals surface area contributed by atoms with E-state index < -0.39 is 0 Å². The van der Waals surface area contributed by atoms with Crippen molar-refractivity contribution in [2.24, 2.45) is 0 Å². The molecule has 0 saturated carbocycles. The van der Waals surface area contributed by atoms with Crippen molar-refractivity contribution < 1.29 is 9.53 Å². The van der Waals surface area contributed by atoms with E-state index in [0.29, 0.717) is 13.2 Å². The first-order chi connectivity index (χ1) is 6.09. The number of allylic oxidation sites excluding steroid dienone is 1. The van der Waals surface area contributed by atoms with E-state index in [9.17, 15) is 4.79 Å². The van der Waals surface area contributed by atoms with Gasteiger partial charge in [0, 0.05) is 13.1 Å². The van der Waals surface area contributed by atoms with Crippen LogP contribution in [0.5, 0.6) is 0 Å². The molecule has 0 spiro atoms. The Morgan fingerprint density at radius 1 is 1.54 bits per heavy atom. The maximum atomic E-state index is 11.5. The van der Waals surface area contributed by atoms with Crippen LogP contribution in [-0.2, 0) is 9.53 Å². The number of carbonyl (C=O) groups excluding carboxylic acids is 1.